The van der Waals surface area contributed by atoms with Gasteiger partial charge < -0.3 is 20.9 Å². The Morgan fingerprint density at radius 1 is 0.342 bits per heavy atom. The number of anilines is 3. The second-order valence-electron chi connectivity index (χ2n) is 20.7. The molecule has 14 rings (SSSR count). The maximum absolute atomic E-state index is 6.32. The average Bonchev–Trinajstić information content (AvgIpc) is 4.22. The Bertz CT molecular complexity index is 3840. The fraction of sp³-hybridized carbons (Fsp3) is 0.147. The van der Waals surface area contributed by atoms with Crippen molar-refractivity contribution in [1.82, 2.24) is 4.98 Å². The van der Waals surface area contributed by atoms with Crippen molar-refractivity contribution in [2.75, 3.05) is 16.0 Å². The summed E-state index contributed by atoms with van der Waals surface area (Å²) in [6.45, 7) is 0. The van der Waals surface area contributed by atoms with Gasteiger partial charge in [0, 0.05) is 93.1 Å². The highest BCUT2D eigenvalue weighted by Crippen LogP contribution is 2.48. The summed E-state index contributed by atoms with van der Waals surface area (Å²) in [5.74, 6) is 0.815. The molecule has 10 aromatic rings. The van der Waals surface area contributed by atoms with Gasteiger partial charge in [0.15, 0.2) is 0 Å². The normalized spacial score (nSPS) is 19.5. The van der Waals surface area contributed by atoms with E-state index in [1.54, 1.807) is 0 Å². The molecule has 4 N–H and O–H groups in total. The van der Waals surface area contributed by atoms with E-state index in [1.807, 2.05) is 66.7 Å². The zero-order valence-electron chi connectivity index (χ0n) is 42.6. The van der Waals surface area contributed by atoms with Gasteiger partial charge in [-0.05, 0) is 196 Å². The van der Waals surface area contributed by atoms with Gasteiger partial charge in [0.05, 0.1) is 12.1 Å². The molecule has 0 bridgehead atoms. The molecular weight excluding hydrogens is 1120 g/mol. The first-order valence-electron chi connectivity index (χ1n) is 26.5. The van der Waals surface area contributed by atoms with Gasteiger partial charge in [0.2, 0.25) is 0 Å². The zero-order chi connectivity index (χ0) is 54.1. The van der Waals surface area contributed by atoms with Crippen molar-refractivity contribution in [2.45, 2.75) is 61.6 Å². The number of fused-ring (bicyclic) bond motifs is 5. The Labute approximate surface area is 496 Å². The number of aromatic nitrogens is 1. The molecular formula is C68H53Cl7N4. The van der Waals surface area contributed by atoms with Crippen LogP contribution in [0, 0.1) is 0 Å². The predicted molar refractivity (Wildman–Crippen MR) is 336 cm³/mol. The van der Waals surface area contributed by atoms with Gasteiger partial charge in [-0.2, -0.15) is 0 Å². The number of hydrogen-bond donors (Lipinski definition) is 4. The second kappa shape index (κ2) is 23.4. The van der Waals surface area contributed by atoms with Crippen molar-refractivity contribution in [3.63, 3.8) is 0 Å². The Morgan fingerprint density at radius 3 is 1.23 bits per heavy atom. The molecule has 0 saturated carbocycles. The summed E-state index contributed by atoms with van der Waals surface area (Å²) >= 11 is 43.2. The molecule has 394 valence electrons. The Hall–Kier alpha value is -6.31. The van der Waals surface area contributed by atoms with E-state index in [9.17, 15) is 0 Å². The smallest absolute Gasteiger partial charge is 0.0544 e. The second-order valence-corrected chi connectivity index (χ2v) is 23.8. The topological polar surface area (TPSA) is 51.9 Å². The summed E-state index contributed by atoms with van der Waals surface area (Å²) < 4.78 is 0. The minimum atomic E-state index is 0.214. The molecule has 3 aliphatic heterocycles. The molecule has 1 aromatic heterocycles. The van der Waals surface area contributed by atoms with Crippen LogP contribution in [0.5, 0.6) is 0 Å². The third-order valence-corrected chi connectivity index (χ3v) is 17.6. The zero-order valence-corrected chi connectivity index (χ0v) is 47.9. The van der Waals surface area contributed by atoms with Gasteiger partial charge >= 0.3 is 0 Å². The molecule has 9 aromatic carbocycles. The largest absolute Gasteiger partial charge is 0.378 e. The van der Waals surface area contributed by atoms with Crippen LogP contribution in [0.1, 0.15) is 105 Å². The average molecular weight is 1170 g/mol. The fourth-order valence-electron chi connectivity index (χ4n) is 12.0. The highest BCUT2D eigenvalue weighted by Gasteiger charge is 2.33. The molecule has 0 radical (unpaired) electrons. The number of halogens is 7. The van der Waals surface area contributed by atoms with Crippen LogP contribution in [-0.4, -0.2) is 11.0 Å². The van der Waals surface area contributed by atoms with Crippen LogP contribution < -0.4 is 16.0 Å². The van der Waals surface area contributed by atoms with E-state index < -0.39 is 0 Å². The molecule has 0 fully saturated rings. The molecule has 4 nitrogen and oxygen atoms in total. The van der Waals surface area contributed by atoms with Crippen LogP contribution in [0.2, 0.25) is 35.2 Å². The monoisotopic (exact) mass is 1170 g/mol. The summed E-state index contributed by atoms with van der Waals surface area (Å²) in [7, 11) is 0. The number of rotatable bonds is 6. The van der Waals surface area contributed by atoms with Crippen LogP contribution >= 0.6 is 81.2 Å². The van der Waals surface area contributed by atoms with E-state index in [2.05, 4.69) is 167 Å². The predicted octanol–water partition coefficient (Wildman–Crippen LogP) is 21.4. The van der Waals surface area contributed by atoms with E-state index in [0.29, 0.717) is 12.0 Å². The van der Waals surface area contributed by atoms with Gasteiger partial charge in [-0.3, -0.25) is 0 Å². The van der Waals surface area contributed by atoms with Crippen LogP contribution in [0.4, 0.5) is 17.1 Å². The molecule has 79 heavy (non-hydrogen) atoms. The van der Waals surface area contributed by atoms with Crippen molar-refractivity contribution < 1.29 is 0 Å². The molecule has 0 unspecified atom stereocenters. The van der Waals surface area contributed by atoms with Crippen LogP contribution in [0.15, 0.2) is 212 Å². The highest BCUT2D eigenvalue weighted by atomic mass is 35.5. The highest BCUT2D eigenvalue weighted by molar-refractivity contribution is 6.32. The van der Waals surface area contributed by atoms with E-state index in [0.717, 1.165) is 72.2 Å². The molecule has 4 aliphatic rings. The van der Waals surface area contributed by atoms with Crippen LogP contribution in [0.3, 0.4) is 0 Å². The number of benzene rings is 9. The standard InChI is InChI=1S/C24H19Cl2N.C23H18Cl2N2.C21H16Cl3N/c25-19-7-5-15(6-8-19)21-14-24(27-23-10-9-20(26)13-22(21)23)18-11-16-3-1-2-4-17(16)12-18;24-15-7-5-14(6-8-15)18-12-23(27-22-10-9-16(25)11-19(18)22)20-13-26-21-4-2-1-3-17(20)21;22-15-5-1-13(2-6-15)18-12-21(14-3-7-16(23)8-4-14)25-20-10-9-17(24)11-19(18)20/h1-11,13,21,24,27H,12,14H2;1-11,13,18,23,26-27H,12H2;1-11,18,21,25H,12H2/t21-,24+;18-,23+;18-,21+/m000/s1. The summed E-state index contributed by atoms with van der Waals surface area (Å²) in [5, 5.41) is 17.7. The van der Waals surface area contributed by atoms with Gasteiger partial charge in [-0.15, -0.1) is 0 Å². The van der Waals surface area contributed by atoms with Crippen molar-refractivity contribution in [2.24, 2.45) is 0 Å². The SMILES string of the molecule is Clc1ccc([C@@H]2C[C@H](C3=Cc4ccccc4C3)Nc3ccc(Cl)cc32)cc1.Clc1ccc([C@@H]2C[C@H](c3c[nH]c4ccccc34)Nc3ccc(Cl)cc32)cc1.Clc1ccc([C@@H]2C[C@H](c3ccc(Cl)cc3)Nc3ccc(Cl)cc32)cc1. The number of hydrogen-bond acceptors (Lipinski definition) is 3. The van der Waals surface area contributed by atoms with Crippen LogP contribution in [-0.2, 0) is 6.42 Å². The first-order chi connectivity index (χ1) is 38.5. The first kappa shape index (κ1) is 53.3. The lowest BCUT2D eigenvalue weighted by molar-refractivity contribution is 0.603. The molecule has 4 heterocycles. The summed E-state index contributed by atoms with van der Waals surface area (Å²) in [6, 6.07) is 68.7. The van der Waals surface area contributed by atoms with Gasteiger partial charge in [-0.25, -0.2) is 0 Å². The van der Waals surface area contributed by atoms with Crippen molar-refractivity contribution in [1.29, 1.82) is 0 Å². The third-order valence-electron chi connectivity index (χ3n) is 15.9. The minimum Gasteiger partial charge on any atom is -0.378 e. The first-order valence-corrected chi connectivity index (χ1v) is 29.1. The minimum absolute atomic E-state index is 0.214. The van der Waals surface area contributed by atoms with Gasteiger partial charge in [0.25, 0.3) is 0 Å². The number of H-pyrrole nitrogens is 1. The molecule has 11 heteroatoms. The number of para-hydroxylation sites is 1. The van der Waals surface area contributed by atoms with E-state index in [-0.39, 0.29) is 23.9 Å². The fourth-order valence-corrected chi connectivity index (χ4v) is 13.0. The van der Waals surface area contributed by atoms with Gasteiger partial charge in [0.1, 0.15) is 0 Å². The lowest BCUT2D eigenvalue weighted by Gasteiger charge is -2.34. The third kappa shape index (κ3) is 11.8. The summed E-state index contributed by atoms with van der Waals surface area (Å²) in [5.41, 5.74) is 18.8. The van der Waals surface area contributed by atoms with E-state index in [4.69, 9.17) is 81.2 Å². The molecule has 1 aliphatic carbocycles. The Balaban J connectivity index is 0.000000118. The summed E-state index contributed by atoms with van der Waals surface area (Å²) in [4.78, 5) is 3.40. The molecule has 0 amide bonds. The quantitative estimate of drug-likeness (QED) is 0.134. The Morgan fingerprint density at radius 2 is 0.734 bits per heavy atom. The van der Waals surface area contributed by atoms with Crippen LogP contribution in [0.25, 0.3) is 17.0 Å². The molecule has 0 saturated heterocycles. The molecule has 0 spiro atoms. The lowest BCUT2D eigenvalue weighted by Crippen LogP contribution is -2.30. The lowest BCUT2D eigenvalue weighted by atomic mass is 9.80. The van der Waals surface area contributed by atoms with Crippen molar-refractivity contribution in [3.8, 4) is 0 Å². The van der Waals surface area contributed by atoms with Gasteiger partial charge in [-0.1, -0.05) is 178 Å². The van der Waals surface area contributed by atoms with E-state index >= 15 is 0 Å². The Kier molecular flexibility index (Phi) is 15.8. The van der Waals surface area contributed by atoms with E-state index in [1.165, 1.54) is 77.8 Å². The number of nitrogens with one attached hydrogen (secondary N) is 4. The maximum Gasteiger partial charge on any atom is 0.0544 e. The van der Waals surface area contributed by atoms with Crippen molar-refractivity contribution >= 4 is 115 Å². The summed E-state index contributed by atoms with van der Waals surface area (Å²) in [6.07, 6.45) is 8.40. The molecule has 6 atom stereocenters. The number of aromatic amines is 1. The van der Waals surface area contributed by atoms with Crippen molar-refractivity contribution in [3.05, 3.63) is 303 Å². The maximum atomic E-state index is 6.32.